The Morgan fingerprint density at radius 2 is 2.04 bits per heavy atom. The molecule has 0 aliphatic heterocycles. The molecule has 1 heterocycles. The van der Waals surface area contributed by atoms with Crippen LogP contribution in [0.3, 0.4) is 0 Å². The molecule has 1 aromatic heterocycles. The van der Waals surface area contributed by atoms with Gasteiger partial charge in [-0.25, -0.2) is 5.43 Å². The smallest absolute Gasteiger partial charge is 0.281 e. The lowest BCUT2D eigenvalue weighted by Crippen LogP contribution is -2.18. The van der Waals surface area contributed by atoms with Crippen molar-refractivity contribution in [2.24, 2.45) is 5.10 Å². The van der Waals surface area contributed by atoms with Crippen molar-refractivity contribution in [3.05, 3.63) is 51.2 Å². The number of hydrogen-bond acceptors (Lipinski definition) is 4. The Labute approximate surface area is 140 Å². The van der Waals surface area contributed by atoms with Crippen LogP contribution in [-0.4, -0.2) is 18.7 Å². The summed E-state index contributed by atoms with van der Waals surface area (Å²) < 4.78 is 5.32. The van der Waals surface area contributed by atoms with E-state index in [4.69, 9.17) is 4.74 Å². The van der Waals surface area contributed by atoms with Gasteiger partial charge in [-0.1, -0.05) is 12.1 Å². The third-order valence-corrected chi connectivity index (χ3v) is 5.28. The number of amides is 1. The predicted molar refractivity (Wildman–Crippen MR) is 93.6 cm³/mol. The van der Waals surface area contributed by atoms with Crippen molar-refractivity contribution < 1.29 is 9.53 Å². The van der Waals surface area contributed by atoms with E-state index in [1.165, 1.54) is 23.3 Å². The lowest BCUT2D eigenvalue weighted by atomic mass is 9.99. The summed E-state index contributed by atoms with van der Waals surface area (Å²) in [7, 11) is 1.63. The second-order valence-electron chi connectivity index (χ2n) is 5.60. The summed E-state index contributed by atoms with van der Waals surface area (Å²) in [4.78, 5) is 14.4. The number of carbonyl (C=O) groups is 1. The second-order valence-corrected chi connectivity index (χ2v) is 6.74. The molecule has 0 fully saturated rings. The van der Waals surface area contributed by atoms with Gasteiger partial charge < -0.3 is 4.74 Å². The Balaban J connectivity index is 1.73. The summed E-state index contributed by atoms with van der Waals surface area (Å²) in [6.07, 6.45) is 4.62. The molecule has 1 aliphatic rings. The molecule has 1 aromatic carbocycles. The van der Waals surface area contributed by atoms with Gasteiger partial charge in [-0.3, -0.25) is 4.79 Å². The van der Waals surface area contributed by atoms with Crippen LogP contribution in [0.15, 0.2) is 35.4 Å². The molecule has 0 bridgehead atoms. The van der Waals surface area contributed by atoms with Crippen LogP contribution >= 0.6 is 11.3 Å². The Bertz CT molecular complexity index is 726. The van der Waals surface area contributed by atoms with Crippen LogP contribution in [0.25, 0.3) is 0 Å². The normalized spacial score (nSPS) is 14.3. The number of hydrazone groups is 1. The number of nitrogens with zero attached hydrogens (tertiary/aromatic N) is 1. The predicted octanol–water partition coefficient (Wildman–Crippen LogP) is 3.79. The van der Waals surface area contributed by atoms with Crippen LogP contribution in [0.5, 0.6) is 5.75 Å². The molecule has 4 nitrogen and oxygen atoms in total. The van der Waals surface area contributed by atoms with E-state index in [-0.39, 0.29) is 5.91 Å². The van der Waals surface area contributed by atoms with E-state index in [1.54, 1.807) is 18.4 Å². The lowest BCUT2D eigenvalue weighted by molar-refractivity contribution is 0.0959. The van der Waals surface area contributed by atoms with Gasteiger partial charge in [0.1, 0.15) is 5.75 Å². The fraction of sp³-hybridized carbons (Fsp3) is 0.333. The molecule has 0 unspecified atom stereocenters. The molecule has 0 radical (unpaired) electrons. The van der Waals surface area contributed by atoms with E-state index in [2.05, 4.69) is 10.5 Å². The van der Waals surface area contributed by atoms with Crippen LogP contribution in [0, 0.1) is 0 Å². The molecule has 0 saturated carbocycles. The number of nitrogens with one attached hydrogen (secondary N) is 1. The summed E-state index contributed by atoms with van der Waals surface area (Å²) in [6.45, 7) is 1.86. The van der Waals surface area contributed by atoms with Gasteiger partial charge in [0.2, 0.25) is 0 Å². The number of para-hydroxylation sites is 1. The molecule has 5 heteroatoms. The summed E-state index contributed by atoms with van der Waals surface area (Å²) in [5.74, 6) is 0.605. The third-order valence-electron chi connectivity index (χ3n) is 4.04. The van der Waals surface area contributed by atoms with Crippen LogP contribution < -0.4 is 10.2 Å². The Hall–Kier alpha value is -2.14. The average Bonchev–Trinajstić information content (AvgIpc) is 3.03. The fourth-order valence-electron chi connectivity index (χ4n) is 2.80. The highest BCUT2D eigenvalue weighted by Crippen LogP contribution is 2.29. The SMILES string of the molecule is COc1ccccc1/C(C)=N/NC(=O)c1cc2c(s1)CCCC2. The fourth-order valence-corrected chi connectivity index (χ4v) is 3.94. The first-order chi connectivity index (χ1) is 11.2. The van der Waals surface area contributed by atoms with E-state index in [9.17, 15) is 4.79 Å². The van der Waals surface area contributed by atoms with E-state index < -0.39 is 0 Å². The van der Waals surface area contributed by atoms with Crippen LogP contribution in [0.1, 0.15) is 45.4 Å². The van der Waals surface area contributed by atoms with E-state index in [1.807, 2.05) is 37.3 Å². The number of hydrogen-bond donors (Lipinski definition) is 1. The molecule has 0 atom stereocenters. The molecule has 0 spiro atoms. The maximum Gasteiger partial charge on any atom is 0.281 e. The van der Waals surface area contributed by atoms with Crippen molar-refractivity contribution >= 4 is 23.0 Å². The zero-order valence-corrected chi connectivity index (χ0v) is 14.2. The standard InChI is InChI=1S/C18H20N2O2S/c1-12(14-8-4-5-9-15(14)22-2)19-20-18(21)17-11-13-7-3-6-10-16(13)23-17/h4-5,8-9,11H,3,6-7,10H2,1-2H3,(H,20,21)/b19-12+. The first kappa shape index (κ1) is 15.7. The van der Waals surface area contributed by atoms with Crippen LogP contribution in [0.2, 0.25) is 0 Å². The topological polar surface area (TPSA) is 50.7 Å². The number of fused-ring (bicyclic) bond motifs is 1. The third kappa shape index (κ3) is 3.45. The van der Waals surface area contributed by atoms with Gasteiger partial charge in [-0.05, 0) is 56.4 Å². The molecule has 0 saturated heterocycles. The largest absolute Gasteiger partial charge is 0.496 e. The molecular weight excluding hydrogens is 308 g/mol. The van der Waals surface area contributed by atoms with Gasteiger partial charge in [-0.2, -0.15) is 5.10 Å². The van der Waals surface area contributed by atoms with Crippen molar-refractivity contribution in [2.45, 2.75) is 32.6 Å². The van der Waals surface area contributed by atoms with Crippen molar-refractivity contribution in [1.29, 1.82) is 0 Å². The maximum absolute atomic E-state index is 12.3. The average molecular weight is 328 g/mol. The minimum atomic E-state index is -0.140. The number of methoxy groups -OCH3 is 1. The molecule has 1 N–H and O–H groups in total. The summed E-state index contributed by atoms with van der Waals surface area (Å²) in [5.41, 5.74) is 5.59. The molecule has 1 aliphatic carbocycles. The molecule has 120 valence electrons. The molecule has 1 amide bonds. The zero-order chi connectivity index (χ0) is 16.2. The van der Waals surface area contributed by atoms with Gasteiger partial charge in [0.05, 0.1) is 17.7 Å². The van der Waals surface area contributed by atoms with Crippen molar-refractivity contribution in [3.8, 4) is 5.75 Å². The first-order valence-electron chi connectivity index (χ1n) is 7.78. The molecule has 2 aromatic rings. The molecule has 23 heavy (non-hydrogen) atoms. The number of benzene rings is 1. The molecule has 3 rings (SSSR count). The Kier molecular flexibility index (Phi) is 4.76. The van der Waals surface area contributed by atoms with Crippen molar-refractivity contribution in [1.82, 2.24) is 5.43 Å². The highest BCUT2D eigenvalue weighted by atomic mass is 32.1. The summed E-state index contributed by atoms with van der Waals surface area (Å²) in [5, 5.41) is 4.23. The van der Waals surface area contributed by atoms with Gasteiger partial charge in [0, 0.05) is 10.4 Å². The number of thiophene rings is 1. The quantitative estimate of drug-likeness (QED) is 0.686. The Morgan fingerprint density at radius 3 is 2.83 bits per heavy atom. The number of aryl methyl sites for hydroxylation is 2. The van der Waals surface area contributed by atoms with Crippen molar-refractivity contribution in [2.75, 3.05) is 7.11 Å². The van der Waals surface area contributed by atoms with E-state index in [0.717, 1.165) is 34.7 Å². The minimum Gasteiger partial charge on any atom is -0.496 e. The van der Waals surface area contributed by atoms with Crippen LogP contribution in [0.4, 0.5) is 0 Å². The summed E-state index contributed by atoms with van der Waals surface area (Å²) in [6, 6.07) is 9.65. The second kappa shape index (κ2) is 6.96. The Morgan fingerprint density at radius 1 is 1.26 bits per heavy atom. The van der Waals surface area contributed by atoms with E-state index >= 15 is 0 Å². The lowest BCUT2D eigenvalue weighted by Gasteiger charge is -2.08. The summed E-state index contributed by atoms with van der Waals surface area (Å²) >= 11 is 1.59. The number of rotatable bonds is 4. The van der Waals surface area contributed by atoms with Gasteiger partial charge >= 0.3 is 0 Å². The number of ether oxygens (including phenoxy) is 1. The van der Waals surface area contributed by atoms with E-state index in [0.29, 0.717) is 0 Å². The van der Waals surface area contributed by atoms with Gasteiger partial charge in [-0.15, -0.1) is 11.3 Å². The molecular formula is C18H20N2O2S. The van der Waals surface area contributed by atoms with Gasteiger partial charge in [0.15, 0.2) is 0 Å². The van der Waals surface area contributed by atoms with Gasteiger partial charge in [0.25, 0.3) is 5.91 Å². The highest BCUT2D eigenvalue weighted by molar-refractivity contribution is 7.14. The van der Waals surface area contributed by atoms with Crippen molar-refractivity contribution in [3.63, 3.8) is 0 Å². The zero-order valence-electron chi connectivity index (χ0n) is 13.4. The monoisotopic (exact) mass is 328 g/mol. The first-order valence-corrected chi connectivity index (χ1v) is 8.60. The van der Waals surface area contributed by atoms with Crippen LogP contribution in [-0.2, 0) is 12.8 Å². The maximum atomic E-state index is 12.3. The number of carbonyl (C=O) groups excluding carboxylic acids is 1. The minimum absolute atomic E-state index is 0.140. The highest BCUT2D eigenvalue weighted by Gasteiger charge is 2.17.